The van der Waals surface area contributed by atoms with Crippen molar-refractivity contribution in [2.45, 2.75) is 30.7 Å². The Morgan fingerprint density at radius 3 is 2.48 bits per heavy atom. The fraction of sp³-hybridized carbons (Fsp3) is 0.273. The minimum atomic E-state index is -3.92. The van der Waals surface area contributed by atoms with Crippen molar-refractivity contribution in [3.05, 3.63) is 66.0 Å². The maximum Gasteiger partial charge on any atom is 0.330 e. The zero-order valence-corrected chi connectivity index (χ0v) is 17.8. The van der Waals surface area contributed by atoms with E-state index in [9.17, 15) is 22.4 Å². The largest absolute Gasteiger partial charge is 0.463 e. The van der Waals surface area contributed by atoms with Crippen LogP contribution in [0.3, 0.4) is 0 Å². The highest BCUT2D eigenvalue weighted by atomic mass is 32.2. The van der Waals surface area contributed by atoms with Crippen molar-refractivity contribution in [2.75, 3.05) is 18.5 Å². The van der Waals surface area contributed by atoms with E-state index in [0.717, 1.165) is 22.0 Å². The first-order valence-corrected chi connectivity index (χ1v) is 11.3. The molecule has 2 aromatic rings. The number of hydrogen-bond acceptors (Lipinski definition) is 5. The van der Waals surface area contributed by atoms with Gasteiger partial charge in [-0.1, -0.05) is 12.1 Å². The van der Waals surface area contributed by atoms with Crippen LogP contribution in [-0.4, -0.2) is 43.8 Å². The Kier molecular flexibility index (Phi) is 7.19. The molecule has 31 heavy (non-hydrogen) atoms. The molecule has 1 aliphatic heterocycles. The molecule has 1 saturated heterocycles. The minimum Gasteiger partial charge on any atom is -0.463 e. The lowest BCUT2D eigenvalue weighted by molar-refractivity contribution is -0.137. The molecule has 0 aliphatic carbocycles. The quantitative estimate of drug-likeness (QED) is 0.521. The summed E-state index contributed by atoms with van der Waals surface area (Å²) >= 11 is 0. The number of carbonyl (C=O) groups excluding carboxylic acids is 2. The highest BCUT2D eigenvalue weighted by Crippen LogP contribution is 2.27. The van der Waals surface area contributed by atoms with E-state index in [4.69, 9.17) is 4.74 Å². The first kappa shape index (κ1) is 22.6. The molecule has 1 aliphatic rings. The lowest BCUT2D eigenvalue weighted by Gasteiger charge is -2.23. The van der Waals surface area contributed by atoms with Crippen LogP contribution in [0.4, 0.5) is 10.1 Å². The summed E-state index contributed by atoms with van der Waals surface area (Å²) in [6, 6.07) is 10.5. The van der Waals surface area contributed by atoms with Crippen LogP contribution in [0.5, 0.6) is 0 Å². The van der Waals surface area contributed by atoms with Crippen LogP contribution < -0.4 is 5.32 Å². The van der Waals surface area contributed by atoms with Gasteiger partial charge in [0.1, 0.15) is 11.9 Å². The molecule has 0 spiro atoms. The van der Waals surface area contributed by atoms with E-state index in [2.05, 4.69) is 5.32 Å². The van der Waals surface area contributed by atoms with Gasteiger partial charge in [0.05, 0.1) is 11.5 Å². The van der Waals surface area contributed by atoms with Crippen molar-refractivity contribution in [1.29, 1.82) is 0 Å². The van der Waals surface area contributed by atoms with Gasteiger partial charge in [0.15, 0.2) is 0 Å². The molecule has 1 fully saturated rings. The van der Waals surface area contributed by atoms with Crippen molar-refractivity contribution < 1.29 is 27.1 Å². The lowest BCUT2D eigenvalue weighted by Crippen LogP contribution is -2.43. The maximum absolute atomic E-state index is 13.2. The van der Waals surface area contributed by atoms with Crippen molar-refractivity contribution in [1.82, 2.24) is 4.31 Å². The van der Waals surface area contributed by atoms with Gasteiger partial charge in [-0.3, -0.25) is 4.79 Å². The van der Waals surface area contributed by atoms with Crippen molar-refractivity contribution >= 4 is 33.7 Å². The molecule has 1 heterocycles. The number of esters is 1. The number of halogens is 1. The van der Waals surface area contributed by atoms with E-state index in [-0.39, 0.29) is 11.4 Å². The van der Waals surface area contributed by atoms with Gasteiger partial charge in [-0.25, -0.2) is 17.6 Å². The van der Waals surface area contributed by atoms with E-state index in [1.165, 1.54) is 18.2 Å². The molecular weight excluding hydrogens is 423 g/mol. The van der Waals surface area contributed by atoms with Crippen LogP contribution in [0.2, 0.25) is 0 Å². The molecule has 0 aromatic heterocycles. The second-order valence-corrected chi connectivity index (χ2v) is 8.81. The maximum atomic E-state index is 13.2. The van der Waals surface area contributed by atoms with Crippen molar-refractivity contribution in [3.8, 4) is 0 Å². The molecule has 1 atom stereocenters. The third kappa shape index (κ3) is 5.56. The number of ether oxygens (including phenoxy) is 1. The molecule has 1 unspecified atom stereocenters. The van der Waals surface area contributed by atoms with Crippen LogP contribution in [0.1, 0.15) is 25.3 Å². The molecule has 2 aromatic carbocycles. The predicted octanol–water partition coefficient (Wildman–Crippen LogP) is 3.19. The summed E-state index contributed by atoms with van der Waals surface area (Å²) in [6.45, 7) is 2.23. The Morgan fingerprint density at radius 2 is 1.84 bits per heavy atom. The van der Waals surface area contributed by atoms with Crippen LogP contribution in [0.25, 0.3) is 6.08 Å². The van der Waals surface area contributed by atoms with E-state index in [0.29, 0.717) is 25.1 Å². The van der Waals surface area contributed by atoms with Crippen LogP contribution in [-0.2, 0) is 24.3 Å². The summed E-state index contributed by atoms with van der Waals surface area (Å²) in [4.78, 5) is 24.1. The summed E-state index contributed by atoms with van der Waals surface area (Å²) in [5, 5.41) is 2.74. The number of hydrogen-bond donors (Lipinski definition) is 1. The molecule has 1 amide bonds. The Labute approximate surface area is 180 Å². The summed E-state index contributed by atoms with van der Waals surface area (Å²) in [6.07, 6.45) is 3.86. The van der Waals surface area contributed by atoms with Crippen LogP contribution >= 0.6 is 0 Å². The van der Waals surface area contributed by atoms with Crippen molar-refractivity contribution in [3.63, 3.8) is 0 Å². The number of nitrogens with zero attached hydrogens (tertiary/aromatic N) is 1. The average molecular weight is 447 g/mol. The van der Waals surface area contributed by atoms with Gasteiger partial charge >= 0.3 is 5.97 Å². The van der Waals surface area contributed by atoms with E-state index < -0.39 is 33.8 Å². The number of rotatable bonds is 7. The van der Waals surface area contributed by atoms with E-state index >= 15 is 0 Å². The number of nitrogens with one attached hydrogen (secondary N) is 1. The molecule has 0 saturated carbocycles. The van der Waals surface area contributed by atoms with Gasteiger partial charge in [0, 0.05) is 18.3 Å². The molecule has 0 bridgehead atoms. The molecule has 3 rings (SSSR count). The number of carbonyl (C=O) groups is 2. The van der Waals surface area contributed by atoms with Crippen LogP contribution in [0.15, 0.2) is 59.5 Å². The molecule has 9 heteroatoms. The van der Waals surface area contributed by atoms with Gasteiger partial charge in [0.25, 0.3) is 0 Å². The fourth-order valence-corrected chi connectivity index (χ4v) is 4.95. The zero-order valence-electron chi connectivity index (χ0n) is 17.0. The highest BCUT2D eigenvalue weighted by molar-refractivity contribution is 7.89. The van der Waals surface area contributed by atoms with Gasteiger partial charge in [0.2, 0.25) is 15.9 Å². The summed E-state index contributed by atoms with van der Waals surface area (Å²) < 4.78 is 44.9. The number of anilines is 1. The third-order valence-electron chi connectivity index (χ3n) is 4.80. The zero-order chi connectivity index (χ0) is 22.4. The second-order valence-electron chi connectivity index (χ2n) is 6.92. The standard InChI is InChI=1S/C22H23FN2O5S/c1-2-30-21(26)14-7-16-5-10-18(11-6-16)24-22(27)20-4-3-15-25(20)31(28,29)19-12-8-17(23)9-13-19/h5-14,20H,2-4,15H2,1H3,(H,24,27). The van der Waals surface area contributed by atoms with Crippen LogP contribution in [0, 0.1) is 5.82 Å². The third-order valence-corrected chi connectivity index (χ3v) is 6.73. The summed E-state index contributed by atoms with van der Waals surface area (Å²) in [5.74, 6) is -1.41. The topological polar surface area (TPSA) is 92.8 Å². The normalized spacial score (nSPS) is 17.0. The Bertz CT molecular complexity index is 1070. The van der Waals surface area contributed by atoms with Gasteiger partial charge in [-0.05, 0) is 67.8 Å². The number of sulfonamides is 1. The van der Waals surface area contributed by atoms with Gasteiger partial charge < -0.3 is 10.1 Å². The summed E-state index contributed by atoms with van der Waals surface area (Å²) in [5.41, 5.74) is 1.25. The second kappa shape index (κ2) is 9.84. The Morgan fingerprint density at radius 1 is 1.16 bits per heavy atom. The number of benzene rings is 2. The minimum absolute atomic E-state index is 0.0497. The lowest BCUT2D eigenvalue weighted by atomic mass is 10.1. The van der Waals surface area contributed by atoms with E-state index in [1.807, 2.05) is 0 Å². The average Bonchev–Trinajstić information content (AvgIpc) is 3.25. The van der Waals surface area contributed by atoms with Gasteiger partial charge in [-0.2, -0.15) is 4.31 Å². The SMILES string of the molecule is CCOC(=O)C=Cc1ccc(NC(=O)C2CCCN2S(=O)(=O)c2ccc(F)cc2)cc1. The monoisotopic (exact) mass is 446 g/mol. The molecular formula is C22H23FN2O5S. The predicted molar refractivity (Wildman–Crippen MR) is 114 cm³/mol. The molecule has 1 N–H and O–H groups in total. The first-order valence-electron chi connectivity index (χ1n) is 9.84. The fourth-order valence-electron chi connectivity index (χ4n) is 3.29. The molecule has 7 nitrogen and oxygen atoms in total. The Hall–Kier alpha value is -3.04. The summed E-state index contributed by atoms with van der Waals surface area (Å²) in [7, 11) is -3.92. The molecule has 0 radical (unpaired) electrons. The first-order chi connectivity index (χ1) is 14.8. The highest BCUT2D eigenvalue weighted by Gasteiger charge is 2.39. The smallest absolute Gasteiger partial charge is 0.330 e. The number of amides is 1. The molecule has 164 valence electrons. The van der Waals surface area contributed by atoms with Gasteiger partial charge in [-0.15, -0.1) is 0 Å². The van der Waals surface area contributed by atoms with E-state index in [1.54, 1.807) is 37.3 Å². The Balaban J connectivity index is 1.68. The van der Waals surface area contributed by atoms with Crippen molar-refractivity contribution in [2.24, 2.45) is 0 Å².